The van der Waals surface area contributed by atoms with E-state index in [-0.39, 0.29) is 6.61 Å². The first-order valence-electron chi connectivity index (χ1n) is 6.88. The molecule has 23 heavy (non-hydrogen) atoms. The Balaban J connectivity index is 1.70. The van der Waals surface area contributed by atoms with Crippen LogP contribution in [0.3, 0.4) is 0 Å². The fraction of sp³-hybridized carbons (Fsp3) is 0.118. The minimum atomic E-state index is 0.131. The number of nitrogens with zero attached hydrogens (tertiary/aromatic N) is 3. The van der Waals surface area contributed by atoms with Gasteiger partial charge in [-0.2, -0.15) is 10.2 Å². The molecule has 0 atom stereocenters. The smallest absolute Gasteiger partial charge is 0.264 e. The Labute approximate surface area is 132 Å². The molecule has 3 aromatic rings. The van der Waals surface area contributed by atoms with Gasteiger partial charge in [-0.25, -0.2) is 0 Å². The van der Waals surface area contributed by atoms with E-state index in [0.29, 0.717) is 23.0 Å². The molecule has 0 amide bonds. The Morgan fingerprint density at radius 3 is 2.78 bits per heavy atom. The summed E-state index contributed by atoms with van der Waals surface area (Å²) in [5.74, 6) is 2.11. The summed E-state index contributed by atoms with van der Waals surface area (Å²) >= 11 is 0. The van der Waals surface area contributed by atoms with Gasteiger partial charge in [0.05, 0.1) is 18.7 Å². The number of nitriles is 1. The highest BCUT2D eigenvalue weighted by atomic mass is 16.5. The quantitative estimate of drug-likeness (QED) is 0.720. The van der Waals surface area contributed by atoms with Gasteiger partial charge in [0.2, 0.25) is 5.82 Å². The van der Waals surface area contributed by atoms with Crippen molar-refractivity contribution in [2.24, 2.45) is 0 Å². The zero-order chi connectivity index (χ0) is 16.1. The van der Waals surface area contributed by atoms with Crippen LogP contribution in [0, 0.1) is 11.3 Å². The van der Waals surface area contributed by atoms with E-state index in [2.05, 4.69) is 16.2 Å². The van der Waals surface area contributed by atoms with Crippen molar-refractivity contribution in [3.05, 3.63) is 60.0 Å². The predicted molar refractivity (Wildman–Crippen MR) is 81.8 cm³/mol. The molecule has 0 aliphatic heterocycles. The average molecular weight is 307 g/mol. The van der Waals surface area contributed by atoms with E-state index in [4.69, 9.17) is 19.3 Å². The lowest BCUT2D eigenvalue weighted by molar-refractivity contribution is 0.243. The molecule has 0 saturated heterocycles. The van der Waals surface area contributed by atoms with Crippen LogP contribution in [0.1, 0.15) is 11.5 Å². The van der Waals surface area contributed by atoms with Crippen LogP contribution in [0.2, 0.25) is 0 Å². The monoisotopic (exact) mass is 307 g/mol. The molecule has 0 saturated carbocycles. The fourth-order valence-corrected chi connectivity index (χ4v) is 1.99. The molecule has 3 rings (SSSR count). The maximum atomic E-state index is 8.86. The van der Waals surface area contributed by atoms with Gasteiger partial charge in [-0.3, -0.25) is 0 Å². The van der Waals surface area contributed by atoms with Gasteiger partial charge in [-0.15, -0.1) is 0 Å². The Morgan fingerprint density at radius 1 is 1.13 bits per heavy atom. The van der Waals surface area contributed by atoms with E-state index in [0.717, 1.165) is 11.3 Å². The third-order valence-electron chi connectivity index (χ3n) is 3.12. The van der Waals surface area contributed by atoms with Crippen molar-refractivity contribution in [3.63, 3.8) is 0 Å². The summed E-state index contributed by atoms with van der Waals surface area (Å²) in [6.07, 6.45) is 0. The molecule has 2 aromatic carbocycles. The largest absolute Gasteiger partial charge is 0.497 e. The molecule has 0 aliphatic rings. The normalized spacial score (nSPS) is 10.1. The number of benzene rings is 2. The minimum absolute atomic E-state index is 0.131. The maximum Gasteiger partial charge on any atom is 0.264 e. The topological polar surface area (TPSA) is 81.2 Å². The second kappa shape index (κ2) is 6.62. The first-order valence-corrected chi connectivity index (χ1v) is 6.88. The zero-order valence-electron chi connectivity index (χ0n) is 12.4. The van der Waals surface area contributed by atoms with E-state index in [1.54, 1.807) is 31.4 Å². The number of methoxy groups -OCH3 is 1. The standard InChI is InChI=1S/C17H13N3O3/c1-21-14-6-3-5-13(9-14)17-19-16(23-20-17)11-22-15-7-2-4-12(8-15)10-18/h2-9H,11H2,1H3. The molecule has 1 aromatic heterocycles. The van der Waals surface area contributed by atoms with E-state index in [1.807, 2.05) is 24.3 Å². The molecule has 0 aliphatic carbocycles. The zero-order valence-corrected chi connectivity index (χ0v) is 12.4. The van der Waals surface area contributed by atoms with Gasteiger partial charge >= 0.3 is 0 Å². The molecule has 114 valence electrons. The summed E-state index contributed by atoms with van der Waals surface area (Å²) < 4.78 is 15.9. The molecular weight excluding hydrogens is 294 g/mol. The summed E-state index contributed by atoms with van der Waals surface area (Å²) in [6.45, 7) is 0.131. The summed E-state index contributed by atoms with van der Waals surface area (Å²) in [4.78, 5) is 4.29. The molecule has 0 radical (unpaired) electrons. The molecule has 0 bridgehead atoms. The highest BCUT2D eigenvalue weighted by molar-refractivity contribution is 5.56. The van der Waals surface area contributed by atoms with Gasteiger partial charge < -0.3 is 14.0 Å². The van der Waals surface area contributed by atoms with Crippen molar-refractivity contribution in [1.82, 2.24) is 10.1 Å². The molecule has 0 spiro atoms. The molecule has 6 heteroatoms. The van der Waals surface area contributed by atoms with Gasteiger partial charge in [0, 0.05) is 5.56 Å². The van der Waals surface area contributed by atoms with E-state index in [9.17, 15) is 0 Å². The van der Waals surface area contributed by atoms with Crippen molar-refractivity contribution < 1.29 is 14.0 Å². The highest BCUT2D eigenvalue weighted by Gasteiger charge is 2.10. The van der Waals surface area contributed by atoms with Crippen LogP contribution >= 0.6 is 0 Å². The lowest BCUT2D eigenvalue weighted by atomic mass is 10.2. The van der Waals surface area contributed by atoms with E-state index >= 15 is 0 Å². The number of aromatic nitrogens is 2. The molecule has 6 nitrogen and oxygen atoms in total. The van der Waals surface area contributed by atoms with Crippen molar-refractivity contribution in [2.45, 2.75) is 6.61 Å². The van der Waals surface area contributed by atoms with E-state index < -0.39 is 0 Å². The van der Waals surface area contributed by atoms with Gasteiger partial charge in [0.25, 0.3) is 5.89 Å². The molecule has 1 heterocycles. The maximum absolute atomic E-state index is 8.86. The van der Waals surface area contributed by atoms with Crippen LogP contribution in [-0.4, -0.2) is 17.3 Å². The Bertz CT molecular complexity index is 852. The molecule has 0 unspecified atom stereocenters. The number of hydrogen-bond donors (Lipinski definition) is 0. The van der Waals surface area contributed by atoms with E-state index in [1.165, 1.54) is 0 Å². The summed E-state index contributed by atoms with van der Waals surface area (Å²) in [5.41, 5.74) is 1.33. The van der Waals surface area contributed by atoms with Gasteiger partial charge in [0.15, 0.2) is 6.61 Å². The van der Waals surface area contributed by atoms with Crippen LogP contribution in [0.15, 0.2) is 53.1 Å². The van der Waals surface area contributed by atoms with Crippen LogP contribution < -0.4 is 9.47 Å². The Morgan fingerprint density at radius 2 is 1.96 bits per heavy atom. The second-order valence-electron chi connectivity index (χ2n) is 4.67. The van der Waals surface area contributed by atoms with Gasteiger partial charge in [0.1, 0.15) is 11.5 Å². The van der Waals surface area contributed by atoms with Crippen LogP contribution in [-0.2, 0) is 6.61 Å². The molecule has 0 fully saturated rings. The Hall–Kier alpha value is -3.33. The Kier molecular flexibility index (Phi) is 4.20. The number of ether oxygens (including phenoxy) is 2. The summed E-state index contributed by atoms with van der Waals surface area (Å²) in [7, 11) is 1.60. The second-order valence-corrected chi connectivity index (χ2v) is 4.67. The van der Waals surface area contributed by atoms with Crippen LogP contribution in [0.5, 0.6) is 11.5 Å². The lowest BCUT2D eigenvalue weighted by Crippen LogP contribution is -1.96. The predicted octanol–water partition coefficient (Wildman–Crippen LogP) is 3.20. The third-order valence-corrected chi connectivity index (χ3v) is 3.12. The minimum Gasteiger partial charge on any atom is -0.497 e. The first kappa shape index (κ1) is 14.6. The first-order chi connectivity index (χ1) is 11.3. The number of rotatable bonds is 5. The van der Waals surface area contributed by atoms with Gasteiger partial charge in [-0.05, 0) is 30.3 Å². The highest BCUT2D eigenvalue weighted by Crippen LogP contribution is 2.21. The third kappa shape index (κ3) is 3.47. The molecular formula is C17H13N3O3. The van der Waals surface area contributed by atoms with Crippen molar-refractivity contribution in [1.29, 1.82) is 5.26 Å². The van der Waals surface area contributed by atoms with Crippen molar-refractivity contribution >= 4 is 0 Å². The van der Waals surface area contributed by atoms with Crippen molar-refractivity contribution in [3.8, 4) is 29.0 Å². The van der Waals surface area contributed by atoms with Crippen molar-refractivity contribution in [2.75, 3.05) is 7.11 Å². The lowest BCUT2D eigenvalue weighted by Gasteiger charge is -2.02. The van der Waals surface area contributed by atoms with Gasteiger partial charge in [-0.1, -0.05) is 23.4 Å². The SMILES string of the molecule is COc1cccc(-c2noc(COc3cccc(C#N)c3)n2)c1. The van der Waals surface area contributed by atoms with Crippen LogP contribution in [0.4, 0.5) is 0 Å². The fourth-order valence-electron chi connectivity index (χ4n) is 1.99. The number of hydrogen-bond acceptors (Lipinski definition) is 6. The van der Waals surface area contributed by atoms with Crippen LogP contribution in [0.25, 0.3) is 11.4 Å². The average Bonchev–Trinajstić information content (AvgIpc) is 3.09. The summed E-state index contributed by atoms with van der Waals surface area (Å²) in [5, 5.41) is 12.8. The molecule has 0 N–H and O–H groups in total. The summed E-state index contributed by atoms with van der Waals surface area (Å²) in [6, 6.07) is 16.3.